The molecule has 7 nitrogen and oxygen atoms in total. The van der Waals surface area contributed by atoms with Crippen molar-refractivity contribution in [1.82, 2.24) is 9.13 Å². The molecule has 4 rings (SSSR count). The molecule has 0 bridgehead atoms. The number of fused-ring (bicyclic) bond motifs is 1. The number of benzene rings is 3. The van der Waals surface area contributed by atoms with Crippen molar-refractivity contribution < 1.29 is 13.2 Å². The van der Waals surface area contributed by atoms with Gasteiger partial charge in [0, 0.05) is 24.7 Å². The average molecular weight is 456 g/mol. The number of imidazole rings is 1. The van der Waals surface area contributed by atoms with E-state index in [1.807, 2.05) is 0 Å². The number of carbonyl (C=O) groups is 1. The normalized spacial score (nSPS) is 11.6. The summed E-state index contributed by atoms with van der Waals surface area (Å²) in [5.41, 5.74) is 1.02. The standard InChI is InChI=1S/C22H18ClN3O4S/c1-25-18-12-17(24-21(27)14-8-10-15(23)11-9-14)20(13-19(18)26(2)22(25)28)31(29,30)16-6-4-3-5-7-16/h3-13H,1-2H3,(H,24,27). The van der Waals surface area contributed by atoms with Crippen LogP contribution in [-0.2, 0) is 23.9 Å². The van der Waals surface area contributed by atoms with Crippen molar-refractivity contribution in [3.05, 3.63) is 87.8 Å². The first kappa shape index (κ1) is 20.9. The van der Waals surface area contributed by atoms with Gasteiger partial charge < -0.3 is 5.32 Å². The van der Waals surface area contributed by atoms with E-state index in [-0.39, 0.29) is 21.2 Å². The summed E-state index contributed by atoms with van der Waals surface area (Å²) in [6, 6.07) is 17.1. The van der Waals surface area contributed by atoms with Crippen LogP contribution in [0, 0.1) is 0 Å². The van der Waals surface area contributed by atoms with Gasteiger partial charge in [0.2, 0.25) is 9.84 Å². The van der Waals surface area contributed by atoms with Crippen molar-refractivity contribution in [2.75, 3.05) is 5.32 Å². The molecule has 0 fully saturated rings. The molecule has 4 aromatic rings. The third-order valence-corrected chi connectivity index (χ3v) is 7.13. The van der Waals surface area contributed by atoms with Crippen LogP contribution in [0.5, 0.6) is 0 Å². The highest BCUT2D eigenvalue weighted by Gasteiger charge is 2.25. The molecule has 0 saturated carbocycles. The molecule has 0 saturated heterocycles. The second-order valence-electron chi connectivity index (χ2n) is 7.02. The molecule has 0 spiro atoms. The molecule has 0 aliphatic heterocycles. The van der Waals surface area contributed by atoms with E-state index in [2.05, 4.69) is 5.32 Å². The minimum Gasteiger partial charge on any atom is -0.321 e. The van der Waals surface area contributed by atoms with E-state index >= 15 is 0 Å². The van der Waals surface area contributed by atoms with Gasteiger partial charge >= 0.3 is 5.69 Å². The van der Waals surface area contributed by atoms with Gasteiger partial charge in [-0.15, -0.1) is 0 Å². The van der Waals surface area contributed by atoms with Crippen LogP contribution < -0.4 is 11.0 Å². The smallest absolute Gasteiger partial charge is 0.321 e. The number of sulfone groups is 1. The first-order chi connectivity index (χ1) is 14.7. The van der Waals surface area contributed by atoms with E-state index in [0.717, 1.165) is 0 Å². The van der Waals surface area contributed by atoms with E-state index in [9.17, 15) is 18.0 Å². The molecule has 0 aliphatic carbocycles. The van der Waals surface area contributed by atoms with Crippen molar-refractivity contribution >= 4 is 44.1 Å². The number of aromatic nitrogens is 2. The van der Waals surface area contributed by atoms with Crippen molar-refractivity contribution in [2.24, 2.45) is 14.1 Å². The minimum absolute atomic E-state index is 0.0808. The maximum absolute atomic E-state index is 13.4. The number of amides is 1. The molecule has 9 heteroatoms. The fraction of sp³-hybridized carbons (Fsp3) is 0.0909. The number of hydrogen-bond acceptors (Lipinski definition) is 4. The molecule has 0 unspecified atom stereocenters. The highest BCUT2D eigenvalue weighted by atomic mass is 35.5. The molecular weight excluding hydrogens is 438 g/mol. The molecule has 1 N–H and O–H groups in total. The van der Waals surface area contributed by atoms with E-state index in [4.69, 9.17) is 11.6 Å². The Morgan fingerprint density at radius 1 is 0.903 bits per heavy atom. The maximum Gasteiger partial charge on any atom is 0.328 e. The van der Waals surface area contributed by atoms with Crippen LogP contribution >= 0.6 is 11.6 Å². The third-order valence-electron chi connectivity index (χ3n) is 5.07. The number of anilines is 1. The van der Waals surface area contributed by atoms with Crippen LogP contribution in [0.15, 0.2) is 81.3 Å². The van der Waals surface area contributed by atoms with Crippen molar-refractivity contribution in [3.8, 4) is 0 Å². The Labute approximate surface area is 183 Å². The summed E-state index contributed by atoms with van der Waals surface area (Å²) < 4.78 is 29.6. The summed E-state index contributed by atoms with van der Waals surface area (Å²) in [6.07, 6.45) is 0. The second-order valence-corrected chi connectivity index (χ2v) is 9.37. The zero-order chi connectivity index (χ0) is 22.3. The van der Waals surface area contributed by atoms with Gasteiger partial charge in [-0.3, -0.25) is 13.9 Å². The highest BCUT2D eigenvalue weighted by molar-refractivity contribution is 7.91. The predicted octanol–water partition coefficient (Wildman–Crippen LogP) is 3.62. The third kappa shape index (κ3) is 3.64. The van der Waals surface area contributed by atoms with Gasteiger partial charge in [-0.25, -0.2) is 13.2 Å². The minimum atomic E-state index is -3.98. The quantitative estimate of drug-likeness (QED) is 0.509. The summed E-state index contributed by atoms with van der Waals surface area (Å²) in [5, 5.41) is 3.16. The van der Waals surface area contributed by atoms with Gasteiger partial charge in [-0.05, 0) is 48.5 Å². The molecule has 31 heavy (non-hydrogen) atoms. The van der Waals surface area contributed by atoms with Crippen LogP contribution in [0.1, 0.15) is 10.4 Å². The summed E-state index contributed by atoms with van der Waals surface area (Å²) in [5.74, 6) is -0.499. The first-order valence-electron chi connectivity index (χ1n) is 9.26. The lowest BCUT2D eigenvalue weighted by atomic mass is 10.2. The Balaban J connectivity index is 1.93. The van der Waals surface area contributed by atoms with Crippen LogP contribution in [0.3, 0.4) is 0 Å². The second kappa shape index (κ2) is 7.72. The van der Waals surface area contributed by atoms with Gasteiger partial charge in [-0.1, -0.05) is 29.8 Å². The number of nitrogens with one attached hydrogen (secondary N) is 1. The van der Waals surface area contributed by atoms with Crippen LogP contribution in [0.4, 0.5) is 5.69 Å². The van der Waals surface area contributed by atoms with Gasteiger partial charge in [-0.2, -0.15) is 0 Å². The van der Waals surface area contributed by atoms with E-state index < -0.39 is 15.7 Å². The highest BCUT2D eigenvalue weighted by Crippen LogP contribution is 2.32. The fourth-order valence-corrected chi connectivity index (χ4v) is 4.93. The SMILES string of the molecule is Cn1c(=O)n(C)c2cc(S(=O)(=O)c3ccccc3)c(NC(=O)c3ccc(Cl)cc3)cc21. The molecule has 158 valence electrons. The molecule has 1 amide bonds. The van der Waals surface area contributed by atoms with Crippen molar-refractivity contribution in [1.29, 1.82) is 0 Å². The Hall–Kier alpha value is -3.36. The lowest BCUT2D eigenvalue weighted by molar-refractivity contribution is 0.102. The molecular formula is C22H18ClN3O4S. The first-order valence-corrected chi connectivity index (χ1v) is 11.1. The molecule has 1 heterocycles. The largest absolute Gasteiger partial charge is 0.328 e. The monoisotopic (exact) mass is 455 g/mol. The van der Waals surface area contributed by atoms with Gasteiger partial charge in [0.15, 0.2) is 0 Å². The number of rotatable bonds is 4. The van der Waals surface area contributed by atoms with E-state index in [1.54, 1.807) is 56.6 Å². The number of hydrogen-bond donors (Lipinski definition) is 1. The topological polar surface area (TPSA) is 90.2 Å². The molecule has 3 aromatic carbocycles. The molecule has 0 radical (unpaired) electrons. The number of nitrogens with zero attached hydrogens (tertiary/aromatic N) is 2. The average Bonchev–Trinajstić information content (AvgIpc) is 2.98. The Bertz CT molecular complexity index is 1470. The summed E-state index contributed by atoms with van der Waals surface area (Å²) >= 11 is 5.88. The van der Waals surface area contributed by atoms with Gasteiger partial charge in [0.05, 0.1) is 26.5 Å². The van der Waals surface area contributed by atoms with Crippen LogP contribution in [0.2, 0.25) is 5.02 Å². The molecule has 1 aromatic heterocycles. The predicted molar refractivity (Wildman–Crippen MR) is 119 cm³/mol. The van der Waals surface area contributed by atoms with Crippen molar-refractivity contribution in [2.45, 2.75) is 9.79 Å². The fourth-order valence-electron chi connectivity index (χ4n) is 3.37. The lowest BCUT2D eigenvalue weighted by Crippen LogP contribution is -2.19. The van der Waals surface area contributed by atoms with Crippen LogP contribution in [-0.4, -0.2) is 23.5 Å². The van der Waals surface area contributed by atoms with Gasteiger partial charge in [0.25, 0.3) is 5.91 Å². The number of aryl methyl sites for hydroxylation is 2. The summed E-state index contributed by atoms with van der Waals surface area (Å²) in [7, 11) is -0.827. The maximum atomic E-state index is 13.4. The van der Waals surface area contributed by atoms with Gasteiger partial charge in [0.1, 0.15) is 0 Å². The summed E-state index contributed by atoms with van der Waals surface area (Å²) in [6.45, 7) is 0. The lowest BCUT2D eigenvalue weighted by Gasteiger charge is -2.13. The van der Waals surface area contributed by atoms with Crippen LogP contribution in [0.25, 0.3) is 11.0 Å². The number of carbonyl (C=O) groups excluding carboxylic acids is 1. The zero-order valence-electron chi connectivity index (χ0n) is 16.7. The Kier molecular flexibility index (Phi) is 5.20. The van der Waals surface area contributed by atoms with Crippen molar-refractivity contribution in [3.63, 3.8) is 0 Å². The van der Waals surface area contributed by atoms with E-state index in [1.165, 1.54) is 33.4 Å². The summed E-state index contributed by atoms with van der Waals surface area (Å²) in [4.78, 5) is 25.2. The molecule has 0 aliphatic rings. The Morgan fingerprint density at radius 3 is 2.10 bits per heavy atom. The zero-order valence-corrected chi connectivity index (χ0v) is 18.2. The van der Waals surface area contributed by atoms with E-state index in [0.29, 0.717) is 21.6 Å². The molecule has 0 atom stereocenters. The Morgan fingerprint density at radius 2 is 1.48 bits per heavy atom. The number of halogens is 1.